The molecule has 0 radical (unpaired) electrons. The summed E-state index contributed by atoms with van der Waals surface area (Å²) in [5.41, 5.74) is 4.91. The Morgan fingerprint density at radius 3 is 2.12 bits per heavy atom. The second-order valence-corrected chi connectivity index (χ2v) is 3.16. The van der Waals surface area contributed by atoms with Gasteiger partial charge in [0, 0.05) is 19.1 Å². The number of anilines is 1. The number of nitrogens with one attached hydrogen (secondary N) is 1. The SMILES string of the molecule is C=NNc1ccncc1.Cc1ccccc1. The summed E-state index contributed by atoms with van der Waals surface area (Å²) >= 11 is 0. The second kappa shape index (κ2) is 7.17. The van der Waals surface area contributed by atoms with Crippen LogP contribution < -0.4 is 5.43 Å². The molecule has 0 saturated carbocycles. The zero-order valence-corrected chi connectivity index (χ0v) is 9.30. The first-order chi connectivity index (χ1) is 7.83. The van der Waals surface area contributed by atoms with E-state index >= 15 is 0 Å². The van der Waals surface area contributed by atoms with Gasteiger partial charge < -0.3 is 0 Å². The Bertz CT molecular complexity index is 398. The van der Waals surface area contributed by atoms with Crippen LogP contribution in [0.3, 0.4) is 0 Å². The minimum absolute atomic E-state index is 0.903. The number of aromatic nitrogens is 1. The third-order valence-corrected chi connectivity index (χ3v) is 1.83. The van der Waals surface area contributed by atoms with Crippen molar-refractivity contribution in [3.63, 3.8) is 0 Å². The van der Waals surface area contributed by atoms with Crippen LogP contribution in [0.4, 0.5) is 5.69 Å². The molecule has 0 fully saturated rings. The van der Waals surface area contributed by atoms with Gasteiger partial charge in [0.25, 0.3) is 0 Å². The molecule has 1 heterocycles. The average Bonchev–Trinajstić information content (AvgIpc) is 2.33. The third kappa shape index (κ3) is 4.91. The van der Waals surface area contributed by atoms with Crippen LogP contribution in [-0.2, 0) is 0 Å². The average molecular weight is 213 g/mol. The van der Waals surface area contributed by atoms with E-state index < -0.39 is 0 Å². The van der Waals surface area contributed by atoms with Crippen LogP contribution in [0.1, 0.15) is 5.56 Å². The van der Waals surface area contributed by atoms with E-state index in [-0.39, 0.29) is 0 Å². The summed E-state index contributed by atoms with van der Waals surface area (Å²) in [4.78, 5) is 3.83. The van der Waals surface area contributed by atoms with Gasteiger partial charge in [0.2, 0.25) is 0 Å². The maximum atomic E-state index is 3.83. The Morgan fingerprint density at radius 2 is 1.69 bits per heavy atom. The van der Waals surface area contributed by atoms with Crippen molar-refractivity contribution < 1.29 is 0 Å². The lowest BCUT2D eigenvalue weighted by Crippen LogP contribution is -1.84. The zero-order valence-electron chi connectivity index (χ0n) is 9.30. The standard InChI is InChI=1S/C7H8.C6H7N3/c1-7-5-3-2-4-6-7;1-7-9-6-2-4-8-5-3-6/h2-6H,1H3;2-5H,1H2,(H,8,9). The number of nitrogens with zero attached hydrogens (tertiary/aromatic N) is 2. The van der Waals surface area contributed by atoms with Crippen molar-refractivity contribution in [2.24, 2.45) is 5.10 Å². The molecule has 1 aromatic carbocycles. The van der Waals surface area contributed by atoms with Crippen LogP contribution in [0.2, 0.25) is 0 Å². The van der Waals surface area contributed by atoms with E-state index in [2.05, 4.69) is 41.3 Å². The smallest absolute Gasteiger partial charge is 0.0592 e. The molecule has 0 atom stereocenters. The van der Waals surface area contributed by atoms with Gasteiger partial charge in [-0.15, -0.1) is 0 Å². The summed E-state index contributed by atoms with van der Waals surface area (Å²) in [5, 5.41) is 3.48. The largest absolute Gasteiger partial charge is 0.279 e. The van der Waals surface area contributed by atoms with E-state index in [1.54, 1.807) is 12.4 Å². The predicted octanol–water partition coefficient (Wildman–Crippen LogP) is 3.10. The van der Waals surface area contributed by atoms with Gasteiger partial charge in [0.05, 0.1) is 5.69 Å². The maximum absolute atomic E-state index is 3.83. The molecule has 0 aliphatic heterocycles. The molecule has 16 heavy (non-hydrogen) atoms. The summed E-state index contributed by atoms with van der Waals surface area (Å²) < 4.78 is 0. The molecule has 0 bridgehead atoms. The van der Waals surface area contributed by atoms with E-state index in [1.807, 2.05) is 30.3 Å². The molecule has 0 amide bonds. The van der Waals surface area contributed by atoms with Gasteiger partial charge >= 0.3 is 0 Å². The monoisotopic (exact) mass is 213 g/mol. The zero-order chi connectivity index (χ0) is 11.6. The molecule has 2 rings (SSSR count). The first-order valence-electron chi connectivity index (χ1n) is 4.96. The molecular formula is C13H15N3. The first-order valence-corrected chi connectivity index (χ1v) is 4.96. The highest BCUT2D eigenvalue weighted by molar-refractivity contribution is 5.42. The van der Waals surface area contributed by atoms with Crippen LogP contribution >= 0.6 is 0 Å². The summed E-state index contributed by atoms with van der Waals surface area (Å²) in [6.07, 6.45) is 3.38. The molecule has 0 unspecified atom stereocenters. The van der Waals surface area contributed by atoms with Crippen LogP contribution in [0.15, 0.2) is 60.0 Å². The van der Waals surface area contributed by atoms with E-state index in [9.17, 15) is 0 Å². The molecule has 0 aliphatic rings. The number of hydrogen-bond acceptors (Lipinski definition) is 3. The number of aryl methyl sites for hydroxylation is 1. The summed E-state index contributed by atoms with van der Waals surface area (Å²) in [6.45, 7) is 5.36. The van der Waals surface area contributed by atoms with Gasteiger partial charge in [0.1, 0.15) is 0 Å². The summed E-state index contributed by atoms with van der Waals surface area (Å²) in [6, 6.07) is 13.9. The molecule has 3 heteroatoms. The minimum Gasteiger partial charge on any atom is -0.279 e. The van der Waals surface area contributed by atoms with Crippen LogP contribution in [0.5, 0.6) is 0 Å². The van der Waals surface area contributed by atoms with Gasteiger partial charge in [-0.25, -0.2) is 0 Å². The fraction of sp³-hybridized carbons (Fsp3) is 0.0769. The topological polar surface area (TPSA) is 37.3 Å². The molecule has 0 spiro atoms. The third-order valence-electron chi connectivity index (χ3n) is 1.83. The quantitative estimate of drug-likeness (QED) is 0.614. The van der Waals surface area contributed by atoms with Crippen molar-refractivity contribution in [2.45, 2.75) is 6.92 Å². The molecule has 1 aromatic heterocycles. The van der Waals surface area contributed by atoms with Crippen molar-refractivity contribution in [1.29, 1.82) is 0 Å². The minimum atomic E-state index is 0.903. The van der Waals surface area contributed by atoms with Crippen molar-refractivity contribution in [1.82, 2.24) is 4.98 Å². The number of pyridine rings is 1. The lowest BCUT2D eigenvalue weighted by molar-refractivity contribution is 1.29. The van der Waals surface area contributed by atoms with Crippen molar-refractivity contribution in [3.05, 3.63) is 60.4 Å². The molecule has 0 saturated heterocycles. The highest BCUT2D eigenvalue weighted by atomic mass is 15.3. The number of hydrazone groups is 1. The molecule has 2 aromatic rings. The molecular weight excluding hydrogens is 198 g/mol. The Morgan fingerprint density at radius 1 is 1.06 bits per heavy atom. The van der Waals surface area contributed by atoms with Crippen molar-refractivity contribution >= 4 is 12.4 Å². The van der Waals surface area contributed by atoms with Gasteiger partial charge in [-0.05, 0) is 19.1 Å². The van der Waals surface area contributed by atoms with Gasteiger partial charge in [-0.1, -0.05) is 35.9 Å². The highest BCUT2D eigenvalue weighted by Crippen LogP contribution is 2.01. The van der Waals surface area contributed by atoms with Crippen LogP contribution in [-0.4, -0.2) is 11.7 Å². The van der Waals surface area contributed by atoms with Gasteiger partial charge in [-0.3, -0.25) is 10.4 Å². The Balaban J connectivity index is 0.000000165. The van der Waals surface area contributed by atoms with Crippen molar-refractivity contribution in [3.8, 4) is 0 Å². The highest BCUT2D eigenvalue weighted by Gasteiger charge is 1.81. The Labute approximate surface area is 95.9 Å². The second-order valence-electron chi connectivity index (χ2n) is 3.16. The van der Waals surface area contributed by atoms with E-state index in [0.29, 0.717) is 0 Å². The van der Waals surface area contributed by atoms with Gasteiger partial charge in [-0.2, -0.15) is 5.10 Å². The lowest BCUT2D eigenvalue weighted by atomic mass is 10.2. The Kier molecular flexibility index (Phi) is 5.34. The number of benzene rings is 1. The number of rotatable bonds is 2. The molecule has 82 valence electrons. The maximum Gasteiger partial charge on any atom is 0.0592 e. The van der Waals surface area contributed by atoms with Crippen LogP contribution in [0.25, 0.3) is 0 Å². The molecule has 3 nitrogen and oxygen atoms in total. The first kappa shape index (κ1) is 11.9. The Hall–Kier alpha value is -2.16. The van der Waals surface area contributed by atoms with Crippen LogP contribution in [0, 0.1) is 6.92 Å². The van der Waals surface area contributed by atoms with Crippen molar-refractivity contribution in [2.75, 3.05) is 5.43 Å². The fourth-order valence-corrected chi connectivity index (χ4v) is 1.05. The summed E-state index contributed by atoms with van der Waals surface area (Å²) in [5.74, 6) is 0. The normalized spacial score (nSPS) is 8.56. The fourth-order valence-electron chi connectivity index (χ4n) is 1.05. The summed E-state index contributed by atoms with van der Waals surface area (Å²) in [7, 11) is 0. The molecule has 1 N–H and O–H groups in total. The lowest BCUT2D eigenvalue weighted by Gasteiger charge is -1.94. The number of hydrogen-bond donors (Lipinski definition) is 1. The van der Waals surface area contributed by atoms with E-state index in [4.69, 9.17) is 0 Å². The van der Waals surface area contributed by atoms with Gasteiger partial charge in [0.15, 0.2) is 0 Å². The van der Waals surface area contributed by atoms with E-state index in [0.717, 1.165) is 5.69 Å². The molecule has 0 aliphatic carbocycles. The predicted molar refractivity (Wildman–Crippen MR) is 68.6 cm³/mol. The van der Waals surface area contributed by atoms with E-state index in [1.165, 1.54) is 5.56 Å².